The van der Waals surface area contributed by atoms with E-state index in [9.17, 15) is 14.4 Å². The van der Waals surface area contributed by atoms with E-state index in [4.69, 9.17) is 5.11 Å². The van der Waals surface area contributed by atoms with Gasteiger partial charge in [-0.05, 0) is 39.5 Å². The van der Waals surface area contributed by atoms with Gasteiger partial charge in [0.25, 0.3) is 0 Å². The molecule has 22 heavy (non-hydrogen) atoms. The number of carbonyl (C=O) groups is 3. The van der Waals surface area contributed by atoms with Crippen molar-refractivity contribution in [3.05, 3.63) is 0 Å². The van der Waals surface area contributed by atoms with Crippen LogP contribution in [0.15, 0.2) is 0 Å². The number of carbonyl (C=O) groups excluding carboxylic acids is 2. The second-order valence-electron chi connectivity index (χ2n) is 6.42. The van der Waals surface area contributed by atoms with Crippen LogP contribution < -0.4 is 5.32 Å². The summed E-state index contributed by atoms with van der Waals surface area (Å²) in [5.41, 5.74) is 0. The zero-order chi connectivity index (χ0) is 16.3. The van der Waals surface area contributed by atoms with Crippen molar-refractivity contribution in [2.24, 2.45) is 5.92 Å². The predicted octanol–water partition coefficient (Wildman–Crippen LogP) is 0.892. The highest BCUT2D eigenvalue weighted by atomic mass is 16.4. The summed E-state index contributed by atoms with van der Waals surface area (Å²) in [6.07, 6.45) is 2.77. The van der Waals surface area contributed by atoms with E-state index in [0.29, 0.717) is 32.4 Å². The number of amides is 3. The smallest absolute Gasteiger partial charge is 0.318 e. The first kappa shape index (κ1) is 16.6. The van der Waals surface area contributed by atoms with Crippen LogP contribution in [0.4, 0.5) is 4.79 Å². The molecule has 7 nitrogen and oxygen atoms in total. The molecule has 1 unspecified atom stereocenters. The number of piperidine rings is 1. The normalized spacial score (nSPS) is 25.4. The molecule has 2 rings (SSSR count). The van der Waals surface area contributed by atoms with Crippen molar-refractivity contribution in [3.63, 3.8) is 0 Å². The number of hydrogen-bond acceptors (Lipinski definition) is 3. The van der Waals surface area contributed by atoms with E-state index in [1.54, 1.807) is 9.80 Å². The van der Waals surface area contributed by atoms with E-state index in [1.807, 2.05) is 13.8 Å². The van der Waals surface area contributed by atoms with Crippen LogP contribution in [0.3, 0.4) is 0 Å². The Labute approximate surface area is 130 Å². The molecule has 0 aromatic rings. The largest absolute Gasteiger partial charge is 0.481 e. The third kappa shape index (κ3) is 3.69. The van der Waals surface area contributed by atoms with E-state index in [1.165, 1.54) is 0 Å². The van der Waals surface area contributed by atoms with Crippen LogP contribution in [0.5, 0.6) is 0 Å². The van der Waals surface area contributed by atoms with Crippen LogP contribution in [0.1, 0.15) is 39.5 Å². The monoisotopic (exact) mass is 311 g/mol. The summed E-state index contributed by atoms with van der Waals surface area (Å²) >= 11 is 0. The number of nitrogens with zero attached hydrogens (tertiary/aromatic N) is 2. The summed E-state index contributed by atoms with van der Waals surface area (Å²) in [6.45, 7) is 5.17. The van der Waals surface area contributed by atoms with Crippen molar-refractivity contribution in [1.82, 2.24) is 15.1 Å². The van der Waals surface area contributed by atoms with Gasteiger partial charge in [-0.25, -0.2) is 4.79 Å². The molecule has 2 aliphatic rings. The number of nitrogens with one attached hydrogen (secondary N) is 1. The Kier molecular flexibility index (Phi) is 5.26. The van der Waals surface area contributed by atoms with Gasteiger partial charge in [-0.15, -0.1) is 0 Å². The van der Waals surface area contributed by atoms with Gasteiger partial charge in [-0.2, -0.15) is 0 Å². The molecule has 7 heteroatoms. The summed E-state index contributed by atoms with van der Waals surface area (Å²) in [5.74, 6) is -1.45. The minimum atomic E-state index is -0.849. The van der Waals surface area contributed by atoms with E-state index in [-0.39, 0.29) is 24.5 Å². The maximum Gasteiger partial charge on any atom is 0.318 e. The van der Waals surface area contributed by atoms with Crippen LogP contribution in [0.2, 0.25) is 0 Å². The number of hydrogen-bond donors (Lipinski definition) is 2. The summed E-state index contributed by atoms with van der Waals surface area (Å²) in [7, 11) is 0. The van der Waals surface area contributed by atoms with E-state index in [0.717, 1.165) is 6.42 Å². The fraction of sp³-hybridized carbons (Fsp3) is 0.800. The summed E-state index contributed by atoms with van der Waals surface area (Å²) in [4.78, 5) is 39.2. The van der Waals surface area contributed by atoms with Crippen LogP contribution >= 0.6 is 0 Å². The van der Waals surface area contributed by atoms with E-state index < -0.39 is 17.9 Å². The molecule has 2 saturated heterocycles. The Morgan fingerprint density at radius 2 is 1.82 bits per heavy atom. The number of carboxylic acid groups (broad SMARTS) is 1. The van der Waals surface area contributed by atoms with Gasteiger partial charge in [0.2, 0.25) is 5.91 Å². The summed E-state index contributed by atoms with van der Waals surface area (Å²) < 4.78 is 0. The standard InChI is InChI=1S/C15H25N3O4/c1-10(2)16-15(22)18-8-4-6-12(18)13(19)17-7-3-5-11(9-17)14(20)21/h10-12H,3-9H2,1-2H3,(H,16,22)(H,20,21)/t11?,12-/m0/s1. The van der Waals surface area contributed by atoms with E-state index in [2.05, 4.69) is 5.32 Å². The fourth-order valence-corrected chi connectivity index (χ4v) is 3.19. The third-order valence-electron chi connectivity index (χ3n) is 4.29. The van der Waals surface area contributed by atoms with Crippen molar-refractivity contribution >= 4 is 17.9 Å². The Bertz CT molecular complexity index is 452. The number of rotatable bonds is 3. The fourth-order valence-electron chi connectivity index (χ4n) is 3.19. The van der Waals surface area contributed by atoms with Crippen LogP contribution in [-0.2, 0) is 9.59 Å². The molecular formula is C15H25N3O4. The molecule has 0 aromatic heterocycles. The van der Waals surface area contributed by atoms with Crippen molar-refractivity contribution in [3.8, 4) is 0 Å². The van der Waals surface area contributed by atoms with Crippen molar-refractivity contribution in [1.29, 1.82) is 0 Å². The Hall–Kier alpha value is -1.79. The van der Waals surface area contributed by atoms with Gasteiger partial charge in [0.05, 0.1) is 5.92 Å². The molecule has 0 bridgehead atoms. The SMILES string of the molecule is CC(C)NC(=O)N1CCC[C@H]1C(=O)N1CCCC(C(=O)O)C1. The first-order chi connectivity index (χ1) is 10.4. The Morgan fingerprint density at radius 1 is 1.14 bits per heavy atom. The number of urea groups is 1. The zero-order valence-electron chi connectivity index (χ0n) is 13.2. The van der Waals surface area contributed by atoms with Gasteiger partial charge >= 0.3 is 12.0 Å². The highest BCUT2D eigenvalue weighted by molar-refractivity contribution is 5.88. The maximum atomic E-state index is 12.7. The second kappa shape index (κ2) is 6.98. The summed E-state index contributed by atoms with van der Waals surface area (Å²) in [5, 5.41) is 12.0. The van der Waals surface area contributed by atoms with Gasteiger partial charge < -0.3 is 20.2 Å². The lowest BCUT2D eigenvalue weighted by molar-refractivity contribution is -0.146. The molecule has 2 fully saturated rings. The molecule has 2 aliphatic heterocycles. The minimum absolute atomic E-state index is 0.0234. The number of aliphatic carboxylic acids is 1. The molecule has 0 saturated carbocycles. The minimum Gasteiger partial charge on any atom is -0.481 e. The molecule has 0 radical (unpaired) electrons. The van der Waals surface area contributed by atoms with Gasteiger partial charge in [-0.1, -0.05) is 0 Å². The molecule has 0 spiro atoms. The quantitative estimate of drug-likeness (QED) is 0.810. The molecule has 2 N–H and O–H groups in total. The first-order valence-corrected chi connectivity index (χ1v) is 7.99. The van der Waals surface area contributed by atoms with Crippen molar-refractivity contribution in [2.45, 2.75) is 51.6 Å². The lowest BCUT2D eigenvalue weighted by Crippen LogP contribution is -2.53. The molecule has 2 heterocycles. The maximum absolute atomic E-state index is 12.7. The van der Waals surface area contributed by atoms with Gasteiger partial charge in [0.15, 0.2) is 0 Å². The average Bonchev–Trinajstić information content (AvgIpc) is 2.95. The molecule has 0 aromatic carbocycles. The van der Waals surface area contributed by atoms with Crippen LogP contribution in [0.25, 0.3) is 0 Å². The van der Waals surface area contributed by atoms with Gasteiger partial charge in [0.1, 0.15) is 6.04 Å². The average molecular weight is 311 g/mol. The lowest BCUT2D eigenvalue weighted by atomic mass is 9.97. The predicted molar refractivity (Wildman–Crippen MR) is 80.3 cm³/mol. The highest BCUT2D eigenvalue weighted by Crippen LogP contribution is 2.23. The summed E-state index contributed by atoms with van der Waals surface area (Å²) in [6, 6.07) is -0.640. The van der Waals surface area contributed by atoms with Crippen LogP contribution in [0, 0.1) is 5.92 Å². The zero-order valence-corrected chi connectivity index (χ0v) is 13.2. The van der Waals surface area contributed by atoms with Gasteiger partial charge in [-0.3, -0.25) is 9.59 Å². The van der Waals surface area contributed by atoms with Gasteiger partial charge in [0, 0.05) is 25.7 Å². The third-order valence-corrected chi connectivity index (χ3v) is 4.29. The Morgan fingerprint density at radius 3 is 2.45 bits per heavy atom. The lowest BCUT2D eigenvalue weighted by Gasteiger charge is -2.35. The topological polar surface area (TPSA) is 90.0 Å². The van der Waals surface area contributed by atoms with Crippen molar-refractivity contribution in [2.75, 3.05) is 19.6 Å². The molecule has 124 valence electrons. The molecular weight excluding hydrogens is 286 g/mol. The molecule has 0 aliphatic carbocycles. The molecule has 3 amide bonds. The van der Waals surface area contributed by atoms with Crippen molar-refractivity contribution < 1.29 is 19.5 Å². The van der Waals surface area contributed by atoms with Crippen LogP contribution in [-0.4, -0.2) is 64.5 Å². The first-order valence-electron chi connectivity index (χ1n) is 7.99. The second-order valence-corrected chi connectivity index (χ2v) is 6.42. The Balaban J connectivity index is 2.01. The number of likely N-dealkylation sites (tertiary alicyclic amines) is 2. The van der Waals surface area contributed by atoms with E-state index >= 15 is 0 Å². The highest BCUT2D eigenvalue weighted by Gasteiger charge is 2.38. The number of carboxylic acids is 1. The molecule has 2 atom stereocenters.